The van der Waals surface area contributed by atoms with Gasteiger partial charge < -0.3 is 16.2 Å². The number of aliphatic hydroxyl groups excluding tert-OH is 1. The van der Waals surface area contributed by atoms with Crippen molar-refractivity contribution < 1.29 is 9.90 Å². The number of rotatable bonds is 7. The summed E-state index contributed by atoms with van der Waals surface area (Å²) >= 11 is 0. The molecule has 0 aliphatic carbocycles. The van der Waals surface area contributed by atoms with E-state index in [0.717, 1.165) is 12.8 Å². The lowest BCUT2D eigenvalue weighted by Crippen LogP contribution is -2.43. The van der Waals surface area contributed by atoms with Gasteiger partial charge in [0.15, 0.2) is 0 Å². The third-order valence-corrected chi connectivity index (χ3v) is 2.53. The SMILES string of the molecule is CCC(N)C(=O)NCC(C)(C)CCCO. The number of nitrogens with one attached hydrogen (secondary N) is 1. The molecule has 0 bridgehead atoms. The maximum atomic E-state index is 11.4. The van der Waals surface area contributed by atoms with Crippen molar-refractivity contribution in [2.24, 2.45) is 11.1 Å². The third kappa shape index (κ3) is 6.47. The number of carbonyl (C=O) groups is 1. The highest BCUT2D eigenvalue weighted by molar-refractivity contribution is 5.81. The Bertz CT molecular complexity index is 193. The number of aliphatic hydroxyl groups is 1. The lowest BCUT2D eigenvalue weighted by atomic mass is 9.88. The van der Waals surface area contributed by atoms with E-state index in [0.29, 0.717) is 13.0 Å². The summed E-state index contributed by atoms with van der Waals surface area (Å²) in [6, 6.07) is -0.404. The lowest BCUT2D eigenvalue weighted by Gasteiger charge is -2.25. The average molecular weight is 216 g/mol. The van der Waals surface area contributed by atoms with E-state index in [2.05, 4.69) is 19.2 Å². The summed E-state index contributed by atoms with van der Waals surface area (Å²) in [5.41, 5.74) is 5.61. The molecule has 0 aliphatic heterocycles. The standard InChI is InChI=1S/C11H24N2O2/c1-4-9(12)10(15)13-8-11(2,3)6-5-7-14/h9,14H,4-8,12H2,1-3H3,(H,13,15). The van der Waals surface area contributed by atoms with Gasteiger partial charge in [-0.15, -0.1) is 0 Å². The molecule has 0 saturated carbocycles. The van der Waals surface area contributed by atoms with Crippen LogP contribution in [0.4, 0.5) is 0 Å². The molecule has 0 saturated heterocycles. The summed E-state index contributed by atoms with van der Waals surface area (Å²) < 4.78 is 0. The molecule has 0 spiro atoms. The Hall–Kier alpha value is -0.610. The van der Waals surface area contributed by atoms with Crippen molar-refractivity contribution >= 4 is 5.91 Å². The predicted octanol–water partition coefficient (Wildman–Crippen LogP) is 0.639. The van der Waals surface area contributed by atoms with E-state index < -0.39 is 6.04 Å². The van der Waals surface area contributed by atoms with Gasteiger partial charge in [0.25, 0.3) is 0 Å². The first-order chi connectivity index (χ1) is 6.93. The molecule has 4 nitrogen and oxygen atoms in total. The first-order valence-corrected chi connectivity index (χ1v) is 5.57. The van der Waals surface area contributed by atoms with Gasteiger partial charge in [-0.25, -0.2) is 0 Å². The van der Waals surface area contributed by atoms with Gasteiger partial charge in [-0.2, -0.15) is 0 Å². The molecule has 0 fully saturated rings. The van der Waals surface area contributed by atoms with Crippen molar-refractivity contribution in [2.75, 3.05) is 13.2 Å². The van der Waals surface area contributed by atoms with Crippen LogP contribution in [-0.2, 0) is 4.79 Å². The maximum absolute atomic E-state index is 11.4. The van der Waals surface area contributed by atoms with Crippen LogP contribution in [0.1, 0.15) is 40.0 Å². The molecule has 4 N–H and O–H groups in total. The molecule has 0 aliphatic rings. The average Bonchev–Trinajstić information content (AvgIpc) is 2.22. The Kier molecular flexibility index (Phi) is 6.52. The van der Waals surface area contributed by atoms with Crippen molar-refractivity contribution in [3.05, 3.63) is 0 Å². The Morgan fingerprint density at radius 2 is 2.13 bits per heavy atom. The van der Waals surface area contributed by atoms with Gasteiger partial charge in [-0.05, 0) is 24.7 Å². The number of amides is 1. The van der Waals surface area contributed by atoms with E-state index in [1.807, 2.05) is 6.92 Å². The minimum absolute atomic E-state index is 0.0197. The van der Waals surface area contributed by atoms with Crippen molar-refractivity contribution in [3.63, 3.8) is 0 Å². The quantitative estimate of drug-likeness (QED) is 0.584. The van der Waals surface area contributed by atoms with E-state index >= 15 is 0 Å². The molecule has 1 atom stereocenters. The summed E-state index contributed by atoms with van der Waals surface area (Å²) in [5, 5.41) is 11.6. The zero-order chi connectivity index (χ0) is 11.9. The van der Waals surface area contributed by atoms with Gasteiger partial charge in [0.2, 0.25) is 5.91 Å². The molecule has 1 unspecified atom stereocenters. The number of nitrogens with two attached hydrogens (primary N) is 1. The van der Waals surface area contributed by atoms with Crippen molar-refractivity contribution in [1.29, 1.82) is 0 Å². The fraction of sp³-hybridized carbons (Fsp3) is 0.909. The molecule has 0 aromatic rings. The van der Waals surface area contributed by atoms with Gasteiger partial charge >= 0.3 is 0 Å². The first kappa shape index (κ1) is 14.4. The maximum Gasteiger partial charge on any atom is 0.236 e. The van der Waals surface area contributed by atoms with Crippen LogP contribution in [-0.4, -0.2) is 30.2 Å². The van der Waals surface area contributed by atoms with E-state index in [9.17, 15) is 4.79 Å². The summed E-state index contributed by atoms with van der Waals surface area (Å²) in [6.07, 6.45) is 2.32. The number of carbonyl (C=O) groups excluding carboxylic acids is 1. The van der Waals surface area contributed by atoms with E-state index in [4.69, 9.17) is 10.8 Å². The monoisotopic (exact) mass is 216 g/mol. The fourth-order valence-electron chi connectivity index (χ4n) is 1.29. The summed E-state index contributed by atoms with van der Waals surface area (Å²) in [5.74, 6) is -0.0884. The van der Waals surface area contributed by atoms with Crippen molar-refractivity contribution in [3.8, 4) is 0 Å². The summed E-state index contributed by atoms with van der Waals surface area (Å²) in [4.78, 5) is 11.4. The Morgan fingerprint density at radius 1 is 1.53 bits per heavy atom. The molecular formula is C11H24N2O2. The molecule has 0 heterocycles. The van der Waals surface area contributed by atoms with E-state index in [1.165, 1.54) is 0 Å². The van der Waals surface area contributed by atoms with E-state index in [-0.39, 0.29) is 17.9 Å². The number of hydrogen-bond donors (Lipinski definition) is 3. The minimum Gasteiger partial charge on any atom is -0.396 e. The molecule has 1 amide bonds. The normalized spacial score (nSPS) is 13.7. The summed E-state index contributed by atoms with van der Waals surface area (Å²) in [6.45, 7) is 6.84. The van der Waals surface area contributed by atoms with Crippen LogP contribution in [0.3, 0.4) is 0 Å². The second-order valence-electron chi connectivity index (χ2n) is 4.72. The van der Waals surface area contributed by atoms with Crippen LogP contribution < -0.4 is 11.1 Å². The van der Waals surface area contributed by atoms with Crippen LogP contribution >= 0.6 is 0 Å². The predicted molar refractivity (Wildman–Crippen MR) is 61.4 cm³/mol. The van der Waals surface area contributed by atoms with E-state index in [1.54, 1.807) is 0 Å². The van der Waals surface area contributed by atoms with Crippen LogP contribution in [0.25, 0.3) is 0 Å². The molecule has 0 rings (SSSR count). The molecule has 0 aromatic heterocycles. The third-order valence-electron chi connectivity index (χ3n) is 2.53. The minimum atomic E-state index is -0.404. The molecule has 90 valence electrons. The highest BCUT2D eigenvalue weighted by Gasteiger charge is 2.19. The van der Waals surface area contributed by atoms with Crippen LogP contribution in [0.5, 0.6) is 0 Å². The summed E-state index contributed by atoms with van der Waals surface area (Å²) in [7, 11) is 0. The number of hydrogen-bond acceptors (Lipinski definition) is 3. The first-order valence-electron chi connectivity index (χ1n) is 5.57. The Labute approximate surface area is 92.2 Å². The topological polar surface area (TPSA) is 75.4 Å². The molecule has 15 heavy (non-hydrogen) atoms. The van der Waals surface area contributed by atoms with Crippen molar-refractivity contribution in [2.45, 2.75) is 46.1 Å². The van der Waals surface area contributed by atoms with Crippen LogP contribution in [0.2, 0.25) is 0 Å². The largest absolute Gasteiger partial charge is 0.396 e. The second kappa shape index (κ2) is 6.80. The highest BCUT2D eigenvalue weighted by atomic mass is 16.2. The van der Waals surface area contributed by atoms with Crippen LogP contribution in [0, 0.1) is 5.41 Å². The molecule has 0 aromatic carbocycles. The molecule has 4 heteroatoms. The zero-order valence-corrected chi connectivity index (χ0v) is 10.0. The highest BCUT2D eigenvalue weighted by Crippen LogP contribution is 2.20. The fourth-order valence-corrected chi connectivity index (χ4v) is 1.29. The van der Waals surface area contributed by atoms with Gasteiger partial charge in [0, 0.05) is 13.2 Å². The van der Waals surface area contributed by atoms with Crippen LogP contribution in [0.15, 0.2) is 0 Å². The lowest BCUT2D eigenvalue weighted by molar-refractivity contribution is -0.122. The Morgan fingerprint density at radius 3 is 2.60 bits per heavy atom. The van der Waals surface area contributed by atoms with Gasteiger partial charge in [0.05, 0.1) is 6.04 Å². The second-order valence-corrected chi connectivity index (χ2v) is 4.72. The van der Waals surface area contributed by atoms with Gasteiger partial charge in [-0.1, -0.05) is 20.8 Å². The molecular weight excluding hydrogens is 192 g/mol. The van der Waals surface area contributed by atoms with Crippen molar-refractivity contribution in [1.82, 2.24) is 5.32 Å². The zero-order valence-electron chi connectivity index (χ0n) is 10.0. The Balaban J connectivity index is 3.86. The van der Waals surface area contributed by atoms with Gasteiger partial charge in [-0.3, -0.25) is 4.79 Å². The van der Waals surface area contributed by atoms with Gasteiger partial charge in [0.1, 0.15) is 0 Å². The smallest absolute Gasteiger partial charge is 0.236 e. The molecule has 0 radical (unpaired) electrons.